The van der Waals surface area contributed by atoms with Crippen molar-refractivity contribution in [2.24, 2.45) is 0 Å². The van der Waals surface area contributed by atoms with Crippen molar-refractivity contribution >= 4 is 27.6 Å². The molecule has 2 N–H and O–H groups in total. The molecule has 0 aliphatic heterocycles. The van der Waals surface area contributed by atoms with Crippen LogP contribution in [0.2, 0.25) is 0 Å². The van der Waals surface area contributed by atoms with Crippen LogP contribution in [0.15, 0.2) is 46.9 Å². The Balaban J connectivity index is 1.95. The van der Waals surface area contributed by atoms with E-state index in [-0.39, 0.29) is 5.56 Å². The van der Waals surface area contributed by atoms with Crippen molar-refractivity contribution in [1.82, 2.24) is 0 Å². The van der Waals surface area contributed by atoms with Gasteiger partial charge in [-0.25, -0.2) is 4.79 Å². The second kappa shape index (κ2) is 7.13. The first-order valence-electron chi connectivity index (χ1n) is 6.49. The van der Waals surface area contributed by atoms with Gasteiger partial charge in [-0.1, -0.05) is 28.1 Å². The lowest BCUT2D eigenvalue weighted by Gasteiger charge is -2.09. The van der Waals surface area contributed by atoms with Gasteiger partial charge in [-0.15, -0.1) is 0 Å². The van der Waals surface area contributed by atoms with Crippen LogP contribution >= 0.6 is 15.9 Å². The maximum absolute atomic E-state index is 11.0. The Hall–Kier alpha value is -2.01. The fraction of sp³-hybridized carbons (Fsp3) is 0.188. The van der Waals surface area contributed by atoms with Gasteiger partial charge in [-0.05, 0) is 42.3 Å². The van der Waals surface area contributed by atoms with Gasteiger partial charge in [-0.2, -0.15) is 0 Å². The average Bonchev–Trinajstić information content (AvgIpc) is 2.47. The van der Waals surface area contributed by atoms with E-state index in [2.05, 4.69) is 21.2 Å². The first kappa shape index (κ1) is 15.4. The first-order valence-corrected chi connectivity index (χ1v) is 7.28. The molecule has 0 heterocycles. The largest absolute Gasteiger partial charge is 0.497 e. The normalized spacial score (nSPS) is 10.2. The molecule has 2 aromatic rings. The van der Waals surface area contributed by atoms with Crippen LogP contribution in [0.3, 0.4) is 0 Å². The summed E-state index contributed by atoms with van der Waals surface area (Å²) in [6.45, 7) is 0.724. The highest BCUT2D eigenvalue weighted by atomic mass is 79.9. The number of carboxylic acid groups (broad SMARTS) is 1. The lowest BCUT2D eigenvalue weighted by Crippen LogP contribution is -2.06. The molecule has 4 nitrogen and oxygen atoms in total. The lowest BCUT2D eigenvalue weighted by atomic mass is 10.1. The Morgan fingerprint density at radius 1 is 1.24 bits per heavy atom. The lowest BCUT2D eigenvalue weighted by molar-refractivity contribution is 0.0697. The van der Waals surface area contributed by atoms with Crippen LogP contribution in [-0.4, -0.2) is 24.7 Å². The number of halogens is 1. The molecule has 0 saturated carbocycles. The Morgan fingerprint density at radius 3 is 2.57 bits per heavy atom. The molecule has 0 bridgehead atoms. The standard InChI is InChI=1S/C16H16BrNO3/c1-21-15-4-2-11(3-5-15)6-7-18-14-9-12(16(19)20)8-13(17)10-14/h2-5,8-10,18H,6-7H2,1H3,(H,19,20). The van der Waals surface area contributed by atoms with Crippen molar-refractivity contribution in [1.29, 1.82) is 0 Å². The number of rotatable bonds is 6. The summed E-state index contributed by atoms with van der Waals surface area (Å²) in [6, 6.07) is 13.0. The highest BCUT2D eigenvalue weighted by Gasteiger charge is 2.05. The van der Waals surface area contributed by atoms with Crippen LogP contribution in [0.1, 0.15) is 15.9 Å². The number of carboxylic acids is 1. The quantitative estimate of drug-likeness (QED) is 0.832. The van der Waals surface area contributed by atoms with Crippen LogP contribution in [-0.2, 0) is 6.42 Å². The number of benzene rings is 2. The Kier molecular flexibility index (Phi) is 5.22. The van der Waals surface area contributed by atoms with E-state index in [1.165, 1.54) is 5.56 Å². The molecule has 0 fully saturated rings. The number of anilines is 1. The minimum Gasteiger partial charge on any atom is -0.497 e. The van der Waals surface area contributed by atoms with E-state index in [4.69, 9.17) is 9.84 Å². The molecule has 0 aromatic heterocycles. The number of methoxy groups -OCH3 is 1. The first-order chi connectivity index (χ1) is 10.1. The maximum Gasteiger partial charge on any atom is 0.335 e. The van der Waals surface area contributed by atoms with Gasteiger partial charge < -0.3 is 15.2 Å². The van der Waals surface area contributed by atoms with Gasteiger partial charge in [0.05, 0.1) is 12.7 Å². The summed E-state index contributed by atoms with van der Waals surface area (Å²) < 4.78 is 5.86. The van der Waals surface area contributed by atoms with Crippen molar-refractivity contribution in [2.45, 2.75) is 6.42 Å². The average molecular weight is 350 g/mol. The molecule has 2 aromatic carbocycles. The van der Waals surface area contributed by atoms with Crippen molar-refractivity contribution < 1.29 is 14.6 Å². The highest BCUT2D eigenvalue weighted by Crippen LogP contribution is 2.20. The summed E-state index contributed by atoms with van der Waals surface area (Å²) in [7, 11) is 1.64. The summed E-state index contributed by atoms with van der Waals surface area (Å²) in [5.74, 6) is -0.0979. The SMILES string of the molecule is COc1ccc(CCNc2cc(Br)cc(C(=O)O)c2)cc1. The molecule has 21 heavy (non-hydrogen) atoms. The van der Waals surface area contributed by atoms with Gasteiger partial charge in [0.25, 0.3) is 0 Å². The zero-order chi connectivity index (χ0) is 15.2. The minimum atomic E-state index is -0.936. The molecular weight excluding hydrogens is 334 g/mol. The van der Waals surface area contributed by atoms with Gasteiger partial charge >= 0.3 is 5.97 Å². The third-order valence-corrected chi connectivity index (χ3v) is 3.50. The van der Waals surface area contributed by atoms with Crippen molar-refractivity contribution in [2.75, 3.05) is 19.0 Å². The molecular formula is C16H16BrNO3. The van der Waals surface area contributed by atoms with E-state index in [1.807, 2.05) is 30.3 Å². The Morgan fingerprint density at radius 2 is 1.95 bits per heavy atom. The number of nitrogens with one attached hydrogen (secondary N) is 1. The highest BCUT2D eigenvalue weighted by molar-refractivity contribution is 9.10. The zero-order valence-electron chi connectivity index (χ0n) is 11.6. The van der Waals surface area contributed by atoms with E-state index >= 15 is 0 Å². The Labute approximate surface area is 131 Å². The number of ether oxygens (including phenoxy) is 1. The smallest absolute Gasteiger partial charge is 0.335 e. The van der Waals surface area contributed by atoms with Crippen LogP contribution < -0.4 is 10.1 Å². The summed E-state index contributed by atoms with van der Waals surface area (Å²) >= 11 is 3.32. The van der Waals surface area contributed by atoms with E-state index in [0.717, 1.165) is 28.9 Å². The molecule has 0 saturated heterocycles. The molecule has 0 unspecified atom stereocenters. The molecule has 110 valence electrons. The molecule has 0 atom stereocenters. The number of hydrogen-bond acceptors (Lipinski definition) is 3. The fourth-order valence-electron chi connectivity index (χ4n) is 1.96. The summed E-state index contributed by atoms with van der Waals surface area (Å²) in [5, 5.41) is 12.3. The van der Waals surface area contributed by atoms with E-state index in [0.29, 0.717) is 0 Å². The third kappa shape index (κ3) is 4.49. The van der Waals surface area contributed by atoms with Crippen molar-refractivity contribution in [3.63, 3.8) is 0 Å². The van der Waals surface area contributed by atoms with E-state index < -0.39 is 5.97 Å². The molecule has 5 heteroatoms. The topological polar surface area (TPSA) is 58.6 Å². The summed E-state index contributed by atoms with van der Waals surface area (Å²) in [4.78, 5) is 11.0. The van der Waals surface area contributed by atoms with Crippen LogP contribution in [0, 0.1) is 0 Å². The van der Waals surface area contributed by atoms with Gasteiger partial charge in [0.15, 0.2) is 0 Å². The van der Waals surface area contributed by atoms with E-state index in [9.17, 15) is 4.79 Å². The molecule has 2 rings (SSSR count). The number of hydrogen-bond donors (Lipinski definition) is 2. The number of carbonyl (C=O) groups is 1. The molecule has 0 aliphatic carbocycles. The summed E-state index contributed by atoms with van der Waals surface area (Å²) in [6.07, 6.45) is 0.846. The molecule has 0 spiro atoms. The second-order valence-corrected chi connectivity index (χ2v) is 5.47. The predicted octanol–water partition coefficient (Wildman–Crippen LogP) is 3.81. The van der Waals surface area contributed by atoms with Gasteiger partial charge in [0.1, 0.15) is 5.75 Å². The monoisotopic (exact) mass is 349 g/mol. The minimum absolute atomic E-state index is 0.260. The predicted molar refractivity (Wildman–Crippen MR) is 86.3 cm³/mol. The Bertz CT molecular complexity index is 626. The summed E-state index contributed by atoms with van der Waals surface area (Å²) in [5.41, 5.74) is 2.24. The third-order valence-electron chi connectivity index (χ3n) is 3.05. The van der Waals surface area contributed by atoms with Crippen LogP contribution in [0.25, 0.3) is 0 Å². The molecule has 0 amide bonds. The van der Waals surface area contributed by atoms with Gasteiger partial charge in [0.2, 0.25) is 0 Å². The van der Waals surface area contributed by atoms with Crippen LogP contribution in [0.4, 0.5) is 5.69 Å². The molecule has 0 radical (unpaired) electrons. The zero-order valence-corrected chi connectivity index (χ0v) is 13.2. The van der Waals surface area contributed by atoms with Gasteiger partial charge in [0, 0.05) is 16.7 Å². The van der Waals surface area contributed by atoms with Crippen molar-refractivity contribution in [3.8, 4) is 5.75 Å². The van der Waals surface area contributed by atoms with Crippen molar-refractivity contribution in [3.05, 3.63) is 58.1 Å². The van der Waals surface area contributed by atoms with Gasteiger partial charge in [-0.3, -0.25) is 0 Å². The van der Waals surface area contributed by atoms with E-state index in [1.54, 1.807) is 19.2 Å². The second-order valence-electron chi connectivity index (χ2n) is 4.56. The fourth-order valence-corrected chi connectivity index (χ4v) is 2.45. The number of aromatic carboxylic acids is 1. The molecule has 0 aliphatic rings. The maximum atomic E-state index is 11.0. The van der Waals surface area contributed by atoms with Crippen LogP contribution in [0.5, 0.6) is 5.75 Å².